The maximum Gasteiger partial charge on any atom is 0.241 e. The summed E-state index contributed by atoms with van der Waals surface area (Å²) in [5.74, 6) is 0. The number of nitrogens with zero attached hydrogens (tertiary/aromatic N) is 1. The third-order valence-electron chi connectivity index (χ3n) is 3.75. The van der Waals surface area contributed by atoms with Gasteiger partial charge in [-0.15, -0.1) is 0 Å². The van der Waals surface area contributed by atoms with E-state index >= 15 is 0 Å². The topological polar surface area (TPSA) is 49.4 Å². The van der Waals surface area contributed by atoms with Gasteiger partial charge in [-0.2, -0.15) is 0 Å². The van der Waals surface area contributed by atoms with E-state index in [1.165, 1.54) is 0 Å². The summed E-state index contributed by atoms with van der Waals surface area (Å²) in [5, 5.41) is 0. The molecule has 5 heteroatoms. The second kappa shape index (κ2) is 8.51. The molecule has 1 N–H and O–H groups in total. The fourth-order valence-electron chi connectivity index (χ4n) is 2.41. The summed E-state index contributed by atoms with van der Waals surface area (Å²) in [5.41, 5.74) is 0.778. The standard InChI is InChI=1S/C16H28N2O2S/c1-5-18(6-2)13-9-11-15(4)17-21(19,20)16-12-8-7-10-14(16)3/h7-8,10,12,15,17H,5-6,9,11,13H2,1-4H3. The molecule has 0 bridgehead atoms. The Labute approximate surface area is 129 Å². The molecule has 1 aromatic rings. The van der Waals surface area contributed by atoms with E-state index in [0.29, 0.717) is 4.90 Å². The average molecular weight is 312 g/mol. The molecule has 21 heavy (non-hydrogen) atoms. The Kier molecular flexibility index (Phi) is 7.35. The van der Waals surface area contributed by atoms with Crippen molar-refractivity contribution in [2.75, 3.05) is 19.6 Å². The third-order valence-corrected chi connectivity index (χ3v) is 5.50. The monoisotopic (exact) mass is 312 g/mol. The Morgan fingerprint density at radius 1 is 1.19 bits per heavy atom. The smallest absolute Gasteiger partial charge is 0.241 e. The third kappa shape index (κ3) is 5.77. The quantitative estimate of drug-likeness (QED) is 0.763. The Morgan fingerprint density at radius 3 is 2.38 bits per heavy atom. The summed E-state index contributed by atoms with van der Waals surface area (Å²) < 4.78 is 27.5. The lowest BCUT2D eigenvalue weighted by Crippen LogP contribution is -2.34. The van der Waals surface area contributed by atoms with E-state index in [1.807, 2.05) is 26.0 Å². The van der Waals surface area contributed by atoms with Gasteiger partial charge in [0, 0.05) is 6.04 Å². The van der Waals surface area contributed by atoms with Gasteiger partial charge in [0.05, 0.1) is 4.90 Å². The van der Waals surface area contributed by atoms with E-state index in [4.69, 9.17) is 0 Å². The lowest BCUT2D eigenvalue weighted by Gasteiger charge is -2.20. The zero-order valence-corrected chi connectivity index (χ0v) is 14.4. The van der Waals surface area contributed by atoms with Crippen molar-refractivity contribution in [3.63, 3.8) is 0 Å². The van der Waals surface area contributed by atoms with Crippen LogP contribution in [0.5, 0.6) is 0 Å². The van der Waals surface area contributed by atoms with Gasteiger partial charge < -0.3 is 4.90 Å². The van der Waals surface area contributed by atoms with Gasteiger partial charge in [-0.05, 0) is 58.0 Å². The number of aryl methyl sites for hydroxylation is 1. The fraction of sp³-hybridized carbons (Fsp3) is 0.625. The van der Waals surface area contributed by atoms with Crippen LogP contribution in [-0.4, -0.2) is 39.0 Å². The highest BCUT2D eigenvalue weighted by Crippen LogP contribution is 2.15. The highest BCUT2D eigenvalue weighted by atomic mass is 32.2. The summed E-state index contributed by atoms with van der Waals surface area (Å²) in [6.45, 7) is 11.1. The molecule has 0 aliphatic heterocycles. The number of hydrogen-bond donors (Lipinski definition) is 1. The van der Waals surface area contributed by atoms with Crippen LogP contribution in [0.25, 0.3) is 0 Å². The van der Waals surface area contributed by atoms with E-state index in [9.17, 15) is 8.42 Å². The molecule has 1 rings (SSSR count). The van der Waals surface area contributed by atoms with Gasteiger partial charge in [0.15, 0.2) is 0 Å². The Hall–Kier alpha value is -0.910. The molecule has 0 fully saturated rings. The maximum atomic E-state index is 12.4. The van der Waals surface area contributed by atoms with Crippen LogP contribution >= 0.6 is 0 Å². The maximum absolute atomic E-state index is 12.4. The van der Waals surface area contributed by atoms with Crippen molar-refractivity contribution in [3.8, 4) is 0 Å². The number of rotatable bonds is 9. The Morgan fingerprint density at radius 2 is 1.81 bits per heavy atom. The molecule has 0 saturated carbocycles. The number of hydrogen-bond acceptors (Lipinski definition) is 3. The minimum absolute atomic E-state index is 0.0508. The highest BCUT2D eigenvalue weighted by molar-refractivity contribution is 7.89. The second-order valence-electron chi connectivity index (χ2n) is 5.46. The fourth-order valence-corrected chi connectivity index (χ4v) is 3.93. The van der Waals surface area contributed by atoms with Crippen molar-refractivity contribution < 1.29 is 8.42 Å². The average Bonchev–Trinajstić information content (AvgIpc) is 2.43. The van der Waals surface area contributed by atoms with Crippen LogP contribution in [0.15, 0.2) is 29.2 Å². The van der Waals surface area contributed by atoms with Crippen LogP contribution in [0.1, 0.15) is 39.2 Å². The van der Waals surface area contributed by atoms with Crippen molar-refractivity contribution in [3.05, 3.63) is 29.8 Å². The molecule has 0 radical (unpaired) electrons. The first-order valence-electron chi connectivity index (χ1n) is 7.71. The summed E-state index contributed by atoms with van der Waals surface area (Å²) >= 11 is 0. The first kappa shape index (κ1) is 18.1. The van der Waals surface area contributed by atoms with Crippen LogP contribution in [0, 0.1) is 6.92 Å². The zero-order valence-electron chi connectivity index (χ0n) is 13.6. The van der Waals surface area contributed by atoms with Crippen molar-refractivity contribution in [1.82, 2.24) is 9.62 Å². The van der Waals surface area contributed by atoms with Crippen LogP contribution in [-0.2, 0) is 10.0 Å². The van der Waals surface area contributed by atoms with Gasteiger partial charge in [0.1, 0.15) is 0 Å². The van der Waals surface area contributed by atoms with Crippen LogP contribution in [0.4, 0.5) is 0 Å². The van der Waals surface area contributed by atoms with Gasteiger partial charge in [-0.3, -0.25) is 0 Å². The minimum atomic E-state index is -3.42. The summed E-state index contributed by atoms with van der Waals surface area (Å²) in [7, 11) is -3.42. The largest absolute Gasteiger partial charge is 0.304 e. The van der Waals surface area contributed by atoms with Crippen LogP contribution in [0.2, 0.25) is 0 Å². The van der Waals surface area contributed by atoms with Crippen molar-refractivity contribution in [2.45, 2.75) is 51.5 Å². The Bertz CT molecular complexity index is 525. The molecule has 120 valence electrons. The van der Waals surface area contributed by atoms with Crippen LogP contribution < -0.4 is 4.72 Å². The Balaban J connectivity index is 2.54. The van der Waals surface area contributed by atoms with Gasteiger partial charge in [0.2, 0.25) is 10.0 Å². The molecule has 1 aromatic carbocycles. The van der Waals surface area contributed by atoms with Crippen molar-refractivity contribution >= 4 is 10.0 Å². The van der Waals surface area contributed by atoms with E-state index in [-0.39, 0.29) is 6.04 Å². The molecule has 1 atom stereocenters. The first-order chi connectivity index (χ1) is 9.90. The SMILES string of the molecule is CCN(CC)CCCC(C)NS(=O)(=O)c1ccccc1C. The van der Waals surface area contributed by atoms with Gasteiger partial charge in [-0.1, -0.05) is 32.0 Å². The summed E-state index contributed by atoms with van der Waals surface area (Å²) in [4.78, 5) is 2.73. The van der Waals surface area contributed by atoms with Gasteiger partial charge in [0.25, 0.3) is 0 Å². The molecule has 0 aliphatic carbocycles. The molecular formula is C16H28N2O2S. The molecule has 0 amide bonds. The number of nitrogens with one attached hydrogen (secondary N) is 1. The van der Waals surface area contributed by atoms with Crippen molar-refractivity contribution in [1.29, 1.82) is 0 Å². The van der Waals surface area contributed by atoms with E-state index in [0.717, 1.165) is 38.0 Å². The lowest BCUT2D eigenvalue weighted by atomic mass is 10.2. The molecule has 0 heterocycles. The molecule has 4 nitrogen and oxygen atoms in total. The molecule has 1 unspecified atom stereocenters. The van der Waals surface area contributed by atoms with Crippen molar-refractivity contribution in [2.24, 2.45) is 0 Å². The summed E-state index contributed by atoms with van der Waals surface area (Å²) in [6.07, 6.45) is 1.85. The van der Waals surface area contributed by atoms with Gasteiger partial charge >= 0.3 is 0 Å². The molecule has 0 spiro atoms. The van der Waals surface area contributed by atoms with E-state index in [1.54, 1.807) is 12.1 Å². The number of benzene rings is 1. The molecule has 0 saturated heterocycles. The van der Waals surface area contributed by atoms with E-state index < -0.39 is 10.0 Å². The minimum Gasteiger partial charge on any atom is -0.304 e. The molecule has 0 aliphatic rings. The predicted octanol–water partition coefficient (Wildman–Crippen LogP) is 2.78. The molecule has 0 aromatic heterocycles. The molecular weight excluding hydrogens is 284 g/mol. The van der Waals surface area contributed by atoms with Crippen LogP contribution in [0.3, 0.4) is 0 Å². The zero-order chi connectivity index (χ0) is 15.9. The lowest BCUT2D eigenvalue weighted by molar-refractivity contribution is 0.293. The highest BCUT2D eigenvalue weighted by Gasteiger charge is 2.18. The predicted molar refractivity (Wildman–Crippen MR) is 88.0 cm³/mol. The normalized spacial score (nSPS) is 13.6. The summed E-state index contributed by atoms with van der Waals surface area (Å²) in [6, 6.07) is 7.03. The number of sulfonamides is 1. The second-order valence-corrected chi connectivity index (χ2v) is 7.14. The first-order valence-corrected chi connectivity index (χ1v) is 9.19. The van der Waals surface area contributed by atoms with E-state index in [2.05, 4.69) is 23.5 Å². The van der Waals surface area contributed by atoms with Gasteiger partial charge in [-0.25, -0.2) is 13.1 Å².